The SMILES string of the molecule is CC(C)C(=O)Nc1ccc(NC(=O)Nc2ccccc2)cc1. The van der Waals surface area contributed by atoms with Crippen LogP contribution in [0.3, 0.4) is 0 Å². The van der Waals surface area contributed by atoms with Gasteiger partial charge in [-0.2, -0.15) is 0 Å². The normalized spacial score (nSPS) is 10.1. The molecule has 0 radical (unpaired) electrons. The summed E-state index contributed by atoms with van der Waals surface area (Å²) in [4.78, 5) is 23.4. The molecule has 3 amide bonds. The fraction of sp³-hybridized carbons (Fsp3) is 0.176. The molecule has 0 fully saturated rings. The highest BCUT2D eigenvalue weighted by Crippen LogP contribution is 2.15. The van der Waals surface area contributed by atoms with Crippen molar-refractivity contribution in [1.29, 1.82) is 0 Å². The third-order valence-corrected chi connectivity index (χ3v) is 2.97. The molecular formula is C17H19N3O2. The number of anilines is 3. The van der Waals surface area contributed by atoms with Crippen molar-refractivity contribution in [3.8, 4) is 0 Å². The molecule has 0 saturated carbocycles. The number of benzene rings is 2. The predicted molar refractivity (Wildman–Crippen MR) is 89.0 cm³/mol. The number of amides is 3. The standard InChI is InChI=1S/C17H19N3O2/c1-12(2)16(21)18-14-8-10-15(11-9-14)20-17(22)19-13-6-4-3-5-7-13/h3-12H,1-2H3,(H,18,21)(H2,19,20,22). The maximum absolute atomic E-state index is 11.8. The molecule has 2 aromatic carbocycles. The average molecular weight is 297 g/mol. The molecule has 0 spiro atoms. The Balaban J connectivity index is 1.91. The van der Waals surface area contributed by atoms with E-state index < -0.39 is 0 Å². The van der Waals surface area contributed by atoms with Crippen molar-refractivity contribution < 1.29 is 9.59 Å². The van der Waals surface area contributed by atoms with Crippen molar-refractivity contribution >= 4 is 29.0 Å². The molecule has 114 valence electrons. The van der Waals surface area contributed by atoms with Crippen LogP contribution in [0.2, 0.25) is 0 Å². The van der Waals surface area contributed by atoms with Gasteiger partial charge in [0.25, 0.3) is 0 Å². The van der Waals surface area contributed by atoms with Gasteiger partial charge in [-0.05, 0) is 36.4 Å². The summed E-state index contributed by atoms with van der Waals surface area (Å²) < 4.78 is 0. The van der Waals surface area contributed by atoms with Crippen molar-refractivity contribution in [2.45, 2.75) is 13.8 Å². The molecule has 2 aromatic rings. The second-order valence-corrected chi connectivity index (χ2v) is 5.17. The molecule has 0 saturated heterocycles. The molecule has 5 heteroatoms. The molecule has 0 atom stereocenters. The lowest BCUT2D eigenvalue weighted by atomic mass is 10.2. The van der Waals surface area contributed by atoms with Gasteiger partial charge in [0.1, 0.15) is 0 Å². The molecule has 0 aromatic heterocycles. The second-order valence-electron chi connectivity index (χ2n) is 5.17. The number of urea groups is 1. The number of rotatable bonds is 4. The second kappa shape index (κ2) is 7.26. The van der Waals surface area contributed by atoms with Crippen LogP contribution in [0.4, 0.5) is 21.9 Å². The first-order valence-electron chi connectivity index (χ1n) is 7.08. The largest absolute Gasteiger partial charge is 0.326 e. The summed E-state index contributed by atoms with van der Waals surface area (Å²) in [5.74, 6) is -0.114. The first-order valence-corrected chi connectivity index (χ1v) is 7.08. The Kier molecular flexibility index (Phi) is 5.14. The van der Waals surface area contributed by atoms with E-state index in [1.165, 1.54) is 0 Å². The van der Waals surface area contributed by atoms with Crippen LogP contribution >= 0.6 is 0 Å². The van der Waals surface area contributed by atoms with E-state index in [1.807, 2.05) is 44.2 Å². The predicted octanol–water partition coefficient (Wildman–Crippen LogP) is 3.93. The molecule has 2 rings (SSSR count). The van der Waals surface area contributed by atoms with Gasteiger partial charge in [-0.3, -0.25) is 4.79 Å². The Morgan fingerprint density at radius 2 is 1.18 bits per heavy atom. The summed E-state index contributed by atoms with van der Waals surface area (Å²) in [6.07, 6.45) is 0. The van der Waals surface area contributed by atoms with Gasteiger partial charge in [0.2, 0.25) is 5.91 Å². The number of carbonyl (C=O) groups is 2. The van der Waals surface area contributed by atoms with Crippen LogP contribution in [0.15, 0.2) is 54.6 Å². The molecule has 0 bridgehead atoms. The van der Waals surface area contributed by atoms with Crippen molar-refractivity contribution in [3.63, 3.8) is 0 Å². The molecule has 0 aliphatic heterocycles. The smallest absolute Gasteiger partial charge is 0.323 e. The highest BCUT2D eigenvalue weighted by molar-refractivity contribution is 6.00. The van der Waals surface area contributed by atoms with Crippen molar-refractivity contribution in [2.75, 3.05) is 16.0 Å². The number of nitrogens with one attached hydrogen (secondary N) is 3. The van der Waals surface area contributed by atoms with E-state index >= 15 is 0 Å². The zero-order chi connectivity index (χ0) is 15.9. The quantitative estimate of drug-likeness (QED) is 0.800. The van der Waals surface area contributed by atoms with Gasteiger partial charge in [0.15, 0.2) is 0 Å². The first kappa shape index (κ1) is 15.6. The molecule has 22 heavy (non-hydrogen) atoms. The Morgan fingerprint density at radius 3 is 1.68 bits per heavy atom. The number of hydrogen-bond acceptors (Lipinski definition) is 2. The summed E-state index contributed by atoms with van der Waals surface area (Å²) in [5, 5.41) is 8.26. The lowest BCUT2D eigenvalue weighted by Crippen LogP contribution is -2.19. The van der Waals surface area contributed by atoms with Crippen LogP contribution in [0, 0.1) is 5.92 Å². The summed E-state index contributed by atoms with van der Waals surface area (Å²) in [6, 6.07) is 15.9. The highest BCUT2D eigenvalue weighted by Gasteiger charge is 2.07. The van der Waals surface area contributed by atoms with Crippen LogP contribution in [0.5, 0.6) is 0 Å². The minimum atomic E-state index is -0.315. The number of hydrogen-bond donors (Lipinski definition) is 3. The monoisotopic (exact) mass is 297 g/mol. The van der Waals surface area contributed by atoms with Crippen LogP contribution in [0.1, 0.15) is 13.8 Å². The molecule has 5 nitrogen and oxygen atoms in total. The van der Waals surface area contributed by atoms with Gasteiger partial charge in [0.05, 0.1) is 0 Å². The number of carbonyl (C=O) groups excluding carboxylic acids is 2. The van der Waals surface area contributed by atoms with Gasteiger partial charge in [-0.1, -0.05) is 32.0 Å². The van der Waals surface area contributed by atoms with E-state index in [-0.39, 0.29) is 17.9 Å². The van der Waals surface area contributed by atoms with E-state index in [2.05, 4.69) is 16.0 Å². The van der Waals surface area contributed by atoms with Crippen LogP contribution in [0.25, 0.3) is 0 Å². The molecular weight excluding hydrogens is 278 g/mol. The van der Waals surface area contributed by atoms with Crippen molar-refractivity contribution in [3.05, 3.63) is 54.6 Å². The topological polar surface area (TPSA) is 70.2 Å². The maximum atomic E-state index is 11.8. The van der Waals surface area contributed by atoms with Crippen LogP contribution < -0.4 is 16.0 Å². The lowest BCUT2D eigenvalue weighted by molar-refractivity contribution is -0.118. The Hall–Kier alpha value is -2.82. The Morgan fingerprint density at radius 1 is 0.727 bits per heavy atom. The Labute approximate surface area is 129 Å². The summed E-state index contributed by atoms with van der Waals surface area (Å²) in [7, 11) is 0. The maximum Gasteiger partial charge on any atom is 0.323 e. The van der Waals surface area contributed by atoms with Gasteiger partial charge < -0.3 is 16.0 Å². The summed E-state index contributed by atoms with van der Waals surface area (Å²) in [5.41, 5.74) is 2.07. The Bertz CT molecular complexity index is 637. The van der Waals surface area contributed by atoms with E-state index in [4.69, 9.17) is 0 Å². The van der Waals surface area contributed by atoms with E-state index in [9.17, 15) is 9.59 Å². The molecule has 0 aliphatic rings. The van der Waals surface area contributed by atoms with Crippen LogP contribution in [-0.2, 0) is 4.79 Å². The van der Waals surface area contributed by atoms with Gasteiger partial charge >= 0.3 is 6.03 Å². The molecule has 0 aliphatic carbocycles. The lowest BCUT2D eigenvalue weighted by Gasteiger charge is -2.10. The molecule has 0 unspecified atom stereocenters. The third kappa shape index (κ3) is 4.63. The highest BCUT2D eigenvalue weighted by atomic mass is 16.2. The average Bonchev–Trinajstić information content (AvgIpc) is 2.50. The molecule has 3 N–H and O–H groups in total. The molecule has 0 heterocycles. The van der Waals surface area contributed by atoms with E-state index in [0.29, 0.717) is 11.4 Å². The third-order valence-electron chi connectivity index (χ3n) is 2.97. The van der Waals surface area contributed by atoms with E-state index in [0.717, 1.165) is 5.69 Å². The fourth-order valence-corrected chi connectivity index (χ4v) is 1.74. The van der Waals surface area contributed by atoms with E-state index in [1.54, 1.807) is 24.3 Å². The zero-order valence-electron chi connectivity index (χ0n) is 12.6. The van der Waals surface area contributed by atoms with Crippen molar-refractivity contribution in [1.82, 2.24) is 0 Å². The minimum absolute atomic E-state index is 0.0393. The van der Waals surface area contributed by atoms with Gasteiger partial charge in [0, 0.05) is 23.0 Å². The van der Waals surface area contributed by atoms with Crippen molar-refractivity contribution in [2.24, 2.45) is 5.92 Å². The zero-order valence-corrected chi connectivity index (χ0v) is 12.6. The number of para-hydroxylation sites is 1. The van der Waals surface area contributed by atoms with Crippen LogP contribution in [-0.4, -0.2) is 11.9 Å². The fourth-order valence-electron chi connectivity index (χ4n) is 1.74. The van der Waals surface area contributed by atoms with Gasteiger partial charge in [-0.25, -0.2) is 4.79 Å². The minimum Gasteiger partial charge on any atom is -0.326 e. The first-order chi connectivity index (χ1) is 10.5. The summed E-state index contributed by atoms with van der Waals surface area (Å²) in [6.45, 7) is 3.67. The summed E-state index contributed by atoms with van der Waals surface area (Å²) >= 11 is 0. The van der Waals surface area contributed by atoms with Gasteiger partial charge in [-0.15, -0.1) is 0 Å².